The SMILES string of the molecule is C[C-]1CC(C(C)Cl)c2c1cc(O)c1ccc(C(C)(C)C)cc21. The fourth-order valence-electron chi connectivity index (χ4n) is 3.58. The fourth-order valence-corrected chi connectivity index (χ4v) is 3.80. The fraction of sp³-hybridized carbons (Fsp3) is 0.450. The van der Waals surface area contributed by atoms with E-state index in [1.807, 2.05) is 6.07 Å². The Balaban J connectivity index is 2.35. The molecule has 1 nitrogen and oxygen atoms in total. The van der Waals surface area contributed by atoms with Gasteiger partial charge in [0.2, 0.25) is 0 Å². The zero-order valence-corrected chi connectivity index (χ0v) is 14.8. The molecule has 0 radical (unpaired) electrons. The van der Waals surface area contributed by atoms with Crippen molar-refractivity contribution in [2.75, 3.05) is 0 Å². The van der Waals surface area contributed by atoms with Gasteiger partial charge in [0.05, 0.1) is 5.75 Å². The van der Waals surface area contributed by atoms with Gasteiger partial charge in [-0.2, -0.15) is 11.5 Å². The van der Waals surface area contributed by atoms with Gasteiger partial charge in [-0.1, -0.05) is 63.6 Å². The van der Waals surface area contributed by atoms with E-state index in [0.29, 0.717) is 11.7 Å². The molecule has 3 rings (SSSR count). The number of phenolic OH excluding ortho intramolecular Hbond substituents is 1. The third-order valence-corrected chi connectivity index (χ3v) is 5.24. The van der Waals surface area contributed by atoms with E-state index in [2.05, 4.69) is 52.8 Å². The minimum absolute atomic E-state index is 0.0854. The van der Waals surface area contributed by atoms with Crippen molar-refractivity contribution in [3.05, 3.63) is 46.9 Å². The zero-order valence-electron chi connectivity index (χ0n) is 14.0. The van der Waals surface area contributed by atoms with Crippen LogP contribution in [0.3, 0.4) is 0 Å². The van der Waals surface area contributed by atoms with Gasteiger partial charge in [-0.05, 0) is 23.3 Å². The summed E-state index contributed by atoms with van der Waals surface area (Å²) >= 11 is 6.47. The molecule has 1 N–H and O–H groups in total. The smallest absolute Gasteiger partial charge is 0.0683 e. The van der Waals surface area contributed by atoms with Gasteiger partial charge in [0.15, 0.2) is 0 Å². The van der Waals surface area contributed by atoms with E-state index in [4.69, 9.17) is 11.6 Å². The van der Waals surface area contributed by atoms with Crippen LogP contribution in [-0.2, 0) is 5.41 Å². The van der Waals surface area contributed by atoms with Crippen molar-refractivity contribution in [1.82, 2.24) is 0 Å². The summed E-state index contributed by atoms with van der Waals surface area (Å²) in [5, 5.41) is 12.6. The van der Waals surface area contributed by atoms with Crippen molar-refractivity contribution >= 4 is 22.4 Å². The number of benzene rings is 2. The minimum Gasteiger partial charge on any atom is -0.520 e. The van der Waals surface area contributed by atoms with Crippen LogP contribution in [0.15, 0.2) is 24.3 Å². The monoisotopic (exact) mass is 315 g/mol. The number of rotatable bonds is 1. The maximum Gasteiger partial charge on any atom is 0.0683 e. The first-order valence-corrected chi connectivity index (χ1v) is 8.40. The van der Waals surface area contributed by atoms with Gasteiger partial charge in [0.1, 0.15) is 0 Å². The van der Waals surface area contributed by atoms with E-state index in [9.17, 15) is 5.11 Å². The highest BCUT2D eigenvalue weighted by Gasteiger charge is 2.27. The van der Waals surface area contributed by atoms with Crippen molar-refractivity contribution in [3.8, 4) is 5.75 Å². The standard InChI is InChI=1S/C20H24ClO/c1-11-8-16(12(2)21)19-15(11)10-18(22)14-7-6-13(9-17(14)19)20(3,4)5/h6-7,9-10,12,16,22H,8H2,1-5H3/q-1. The molecule has 1 aliphatic rings. The van der Waals surface area contributed by atoms with Gasteiger partial charge in [-0.3, -0.25) is 0 Å². The first kappa shape index (κ1) is 15.6. The average Bonchev–Trinajstić information content (AvgIpc) is 2.75. The molecule has 1 aliphatic carbocycles. The third kappa shape index (κ3) is 2.36. The van der Waals surface area contributed by atoms with Crippen molar-refractivity contribution in [2.24, 2.45) is 0 Å². The molecule has 2 heteroatoms. The molecule has 0 aromatic heterocycles. The van der Waals surface area contributed by atoms with E-state index in [1.54, 1.807) is 0 Å². The molecule has 0 bridgehead atoms. The van der Waals surface area contributed by atoms with E-state index in [0.717, 1.165) is 17.2 Å². The molecule has 2 unspecified atom stereocenters. The normalized spacial score (nSPS) is 19.5. The lowest BCUT2D eigenvalue weighted by molar-refractivity contribution is 0.481. The molecule has 0 amide bonds. The predicted molar refractivity (Wildman–Crippen MR) is 95.0 cm³/mol. The molecular weight excluding hydrogens is 292 g/mol. The lowest BCUT2D eigenvalue weighted by Crippen LogP contribution is -2.11. The Labute approximate surface area is 138 Å². The summed E-state index contributed by atoms with van der Waals surface area (Å²) in [6.07, 6.45) is 0.984. The van der Waals surface area contributed by atoms with Gasteiger partial charge >= 0.3 is 0 Å². The van der Waals surface area contributed by atoms with Crippen LogP contribution in [0, 0.1) is 5.92 Å². The van der Waals surface area contributed by atoms with Crippen LogP contribution in [0.4, 0.5) is 0 Å². The van der Waals surface area contributed by atoms with Crippen LogP contribution in [0.2, 0.25) is 0 Å². The van der Waals surface area contributed by atoms with Crippen LogP contribution < -0.4 is 0 Å². The average molecular weight is 316 g/mol. The Bertz CT molecular complexity index is 725. The maximum absolute atomic E-state index is 10.4. The highest BCUT2D eigenvalue weighted by atomic mass is 35.5. The highest BCUT2D eigenvalue weighted by Crippen LogP contribution is 2.49. The minimum atomic E-state index is 0.0854. The maximum atomic E-state index is 10.4. The Morgan fingerprint density at radius 2 is 1.91 bits per heavy atom. The van der Waals surface area contributed by atoms with Gasteiger partial charge in [0.25, 0.3) is 0 Å². The third-order valence-electron chi connectivity index (χ3n) is 4.93. The van der Waals surface area contributed by atoms with Crippen molar-refractivity contribution in [1.29, 1.82) is 0 Å². The molecule has 0 spiro atoms. The van der Waals surface area contributed by atoms with Crippen molar-refractivity contribution in [3.63, 3.8) is 0 Å². The van der Waals surface area contributed by atoms with E-state index in [1.165, 1.54) is 22.6 Å². The van der Waals surface area contributed by atoms with E-state index in [-0.39, 0.29) is 10.8 Å². The second kappa shape index (κ2) is 5.09. The summed E-state index contributed by atoms with van der Waals surface area (Å²) < 4.78 is 0. The summed E-state index contributed by atoms with van der Waals surface area (Å²) in [5.74, 6) is 2.03. The summed E-state index contributed by atoms with van der Waals surface area (Å²) in [6.45, 7) is 10.9. The van der Waals surface area contributed by atoms with Gasteiger partial charge in [0, 0.05) is 5.38 Å². The number of hydrogen-bond donors (Lipinski definition) is 1. The molecule has 2 aromatic carbocycles. The summed E-state index contributed by atoms with van der Waals surface area (Å²) in [4.78, 5) is 0. The molecule has 0 saturated heterocycles. The summed E-state index contributed by atoms with van der Waals surface area (Å²) in [6, 6.07) is 8.34. The molecule has 0 heterocycles. The molecule has 118 valence electrons. The molecule has 0 saturated carbocycles. The summed E-state index contributed by atoms with van der Waals surface area (Å²) in [5.41, 5.74) is 3.89. The first-order valence-electron chi connectivity index (χ1n) is 7.97. The Morgan fingerprint density at radius 3 is 2.50 bits per heavy atom. The molecule has 22 heavy (non-hydrogen) atoms. The molecule has 0 aliphatic heterocycles. The van der Waals surface area contributed by atoms with Gasteiger partial charge in [-0.25, -0.2) is 0 Å². The Hall–Kier alpha value is -1.34. The highest BCUT2D eigenvalue weighted by molar-refractivity contribution is 6.21. The number of alkyl halides is 1. The van der Waals surface area contributed by atoms with Gasteiger partial charge < -0.3 is 5.11 Å². The molecular formula is C20H24ClO-. The van der Waals surface area contributed by atoms with Gasteiger partial charge in [-0.15, -0.1) is 23.2 Å². The lowest BCUT2D eigenvalue weighted by Gasteiger charge is -2.26. The quantitative estimate of drug-likeness (QED) is 0.513. The Kier molecular flexibility index (Phi) is 3.60. The van der Waals surface area contributed by atoms with Crippen LogP contribution in [0.5, 0.6) is 5.75 Å². The van der Waals surface area contributed by atoms with Crippen molar-refractivity contribution in [2.45, 2.75) is 57.7 Å². The van der Waals surface area contributed by atoms with E-state index >= 15 is 0 Å². The first-order chi connectivity index (χ1) is 10.2. The van der Waals surface area contributed by atoms with Crippen LogP contribution in [-0.4, -0.2) is 10.5 Å². The second-order valence-corrected chi connectivity index (χ2v) is 8.32. The Morgan fingerprint density at radius 1 is 1.23 bits per heavy atom. The van der Waals surface area contributed by atoms with Crippen LogP contribution >= 0.6 is 11.6 Å². The largest absolute Gasteiger partial charge is 0.520 e. The van der Waals surface area contributed by atoms with Crippen molar-refractivity contribution < 1.29 is 5.11 Å². The van der Waals surface area contributed by atoms with Crippen LogP contribution in [0.1, 0.15) is 63.6 Å². The molecule has 0 fully saturated rings. The topological polar surface area (TPSA) is 20.2 Å². The summed E-state index contributed by atoms with van der Waals surface area (Å²) in [7, 11) is 0. The molecule has 2 aromatic rings. The second-order valence-electron chi connectivity index (χ2n) is 7.64. The number of hydrogen-bond acceptors (Lipinski definition) is 1. The van der Waals surface area contributed by atoms with E-state index < -0.39 is 0 Å². The number of aromatic hydroxyl groups is 1. The number of phenols is 1. The number of fused-ring (bicyclic) bond motifs is 3. The predicted octanol–water partition coefficient (Wildman–Crippen LogP) is 5.90. The lowest BCUT2D eigenvalue weighted by atomic mass is 9.83. The molecule has 2 atom stereocenters. The number of halogens is 1. The van der Waals surface area contributed by atoms with Crippen LogP contribution in [0.25, 0.3) is 10.8 Å². The zero-order chi connectivity index (χ0) is 16.2.